The van der Waals surface area contributed by atoms with Crippen LogP contribution in [0.4, 0.5) is 10.5 Å². The molecular formula is C17H21N7O2. The smallest absolute Gasteiger partial charge is 0.321 e. The predicted octanol–water partition coefficient (Wildman–Crippen LogP) is 2.23. The summed E-state index contributed by atoms with van der Waals surface area (Å²) >= 11 is 0. The average Bonchev–Trinajstić information content (AvgIpc) is 3.31. The third kappa shape index (κ3) is 4.05. The van der Waals surface area contributed by atoms with Gasteiger partial charge in [0.25, 0.3) is 0 Å². The van der Waals surface area contributed by atoms with Crippen LogP contribution in [0.2, 0.25) is 0 Å². The van der Waals surface area contributed by atoms with Crippen LogP contribution in [-0.4, -0.2) is 49.4 Å². The molecule has 2 amide bonds. The minimum absolute atomic E-state index is 0.194. The molecule has 0 radical (unpaired) electrons. The van der Waals surface area contributed by atoms with Gasteiger partial charge in [-0.05, 0) is 24.1 Å². The zero-order chi connectivity index (χ0) is 18.5. The molecule has 0 aliphatic heterocycles. The van der Waals surface area contributed by atoms with Crippen molar-refractivity contribution in [3.8, 4) is 5.69 Å². The summed E-state index contributed by atoms with van der Waals surface area (Å²) in [7, 11) is 1.73. The Morgan fingerprint density at radius 3 is 2.73 bits per heavy atom. The van der Waals surface area contributed by atoms with Crippen LogP contribution >= 0.6 is 0 Å². The number of hydrogen-bond acceptors (Lipinski definition) is 6. The van der Waals surface area contributed by atoms with E-state index in [4.69, 9.17) is 4.52 Å². The molecule has 2 aromatic heterocycles. The SMILES string of the molecule is CCc1ccc(-n2cnnc2)cc1NC(=O)N(C)CCc1noc(C)n1. The Balaban J connectivity index is 1.68. The number of nitrogens with one attached hydrogen (secondary N) is 1. The standard InChI is InChI=1S/C17H21N7O2/c1-4-13-5-6-14(24-10-18-19-11-24)9-15(13)21-17(25)23(3)8-7-16-20-12(2)26-22-16/h5-6,9-11H,4,7-8H2,1-3H3,(H,21,25). The minimum atomic E-state index is -0.194. The molecule has 0 fully saturated rings. The first-order chi connectivity index (χ1) is 12.6. The third-order valence-corrected chi connectivity index (χ3v) is 4.02. The van der Waals surface area contributed by atoms with Gasteiger partial charge in [-0.25, -0.2) is 4.79 Å². The molecule has 0 saturated heterocycles. The highest BCUT2D eigenvalue weighted by Gasteiger charge is 2.13. The first-order valence-corrected chi connectivity index (χ1v) is 8.36. The molecule has 136 valence electrons. The molecule has 3 aromatic rings. The fourth-order valence-electron chi connectivity index (χ4n) is 2.51. The molecule has 3 rings (SSSR count). The second kappa shape index (κ2) is 7.77. The third-order valence-electron chi connectivity index (χ3n) is 4.02. The first kappa shape index (κ1) is 17.6. The van der Waals surface area contributed by atoms with Crippen molar-refractivity contribution < 1.29 is 9.32 Å². The van der Waals surface area contributed by atoms with Gasteiger partial charge >= 0.3 is 6.03 Å². The lowest BCUT2D eigenvalue weighted by atomic mass is 10.1. The zero-order valence-electron chi connectivity index (χ0n) is 15.0. The zero-order valence-corrected chi connectivity index (χ0v) is 15.0. The summed E-state index contributed by atoms with van der Waals surface area (Å²) < 4.78 is 6.73. The van der Waals surface area contributed by atoms with Crippen molar-refractivity contribution in [1.29, 1.82) is 0 Å². The van der Waals surface area contributed by atoms with Crippen molar-refractivity contribution in [3.63, 3.8) is 0 Å². The summed E-state index contributed by atoms with van der Waals surface area (Å²) in [6.07, 6.45) is 4.57. The summed E-state index contributed by atoms with van der Waals surface area (Å²) in [6.45, 7) is 4.27. The maximum atomic E-state index is 12.5. The molecule has 9 heteroatoms. The van der Waals surface area contributed by atoms with Gasteiger partial charge in [-0.15, -0.1) is 10.2 Å². The Hall–Kier alpha value is -3.23. The van der Waals surface area contributed by atoms with Gasteiger partial charge in [0.05, 0.1) is 5.69 Å². The maximum absolute atomic E-state index is 12.5. The van der Waals surface area contributed by atoms with Gasteiger partial charge in [-0.3, -0.25) is 4.57 Å². The van der Waals surface area contributed by atoms with Gasteiger partial charge in [0.15, 0.2) is 5.82 Å². The Bertz CT molecular complexity index is 873. The monoisotopic (exact) mass is 355 g/mol. The number of nitrogens with zero attached hydrogens (tertiary/aromatic N) is 6. The largest absolute Gasteiger partial charge is 0.340 e. The van der Waals surface area contributed by atoms with Crippen molar-refractivity contribution in [2.75, 3.05) is 18.9 Å². The Labute approximate surface area is 151 Å². The van der Waals surface area contributed by atoms with Crippen LogP contribution in [0.15, 0.2) is 35.4 Å². The summed E-state index contributed by atoms with van der Waals surface area (Å²) in [5.74, 6) is 1.11. The Kier molecular flexibility index (Phi) is 5.26. The number of amides is 2. The number of urea groups is 1. The number of rotatable bonds is 6. The van der Waals surface area contributed by atoms with E-state index in [1.54, 1.807) is 36.1 Å². The molecule has 9 nitrogen and oxygen atoms in total. The minimum Gasteiger partial charge on any atom is -0.340 e. The topological polar surface area (TPSA) is 102 Å². The lowest BCUT2D eigenvalue weighted by Gasteiger charge is -2.19. The summed E-state index contributed by atoms with van der Waals surface area (Å²) in [5.41, 5.74) is 2.70. The number of aromatic nitrogens is 5. The van der Waals surface area contributed by atoms with Gasteiger partial charge < -0.3 is 14.7 Å². The lowest BCUT2D eigenvalue weighted by molar-refractivity contribution is 0.222. The van der Waals surface area contributed by atoms with Crippen molar-refractivity contribution in [3.05, 3.63) is 48.1 Å². The van der Waals surface area contributed by atoms with Gasteiger partial charge in [-0.2, -0.15) is 4.98 Å². The van der Waals surface area contributed by atoms with E-state index < -0.39 is 0 Å². The van der Waals surface area contributed by atoms with E-state index >= 15 is 0 Å². The number of benzene rings is 1. The highest BCUT2D eigenvalue weighted by Crippen LogP contribution is 2.21. The van der Waals surface area contributed by atoms with Crippen LogP contribution in [0.5, 0.6) is 0 Å². The molecule has 2 heterocycles. The van der Waals surface area contributed by atoms with Crippen LogP contribution in [0.3, 0.4) is 0 Å². The summed E-state index contributed by atoms with van der Waals surface area (Å²) in [6, 6.07) is 5.68. The van der Waals surface area contributed by atoms with Crippen molar-refractivity contribution in [1.82, 2.24) is 29.8 Å². The van der Waals surface area contributed by atoms with Gasteiger partial charge in [-0.1, -0.05) is 18.1 Å². The van der Waals surface area contributed by atoms with Crippen LogP contribution in [-0.2, 0) is 12.8 Å². The van der Waals surface area contributed by atoms with Crippen molar-refractivity contribution in [2.24, 2.45) is 0 Å². The molecule has 0 atom stereocenters. The first-order valence-electron chi connectivity index (χ1n) is 8.36. The molecule has 26 heavy (non-hydrogen) atoms. The number of carbonyl (C=O) groups is 1. The van der Waals surface area contributed by atoms with Crippen LogP contribution in [0.1, 0.15) is 24.2 Å². The number of likely N-dealkylation sites (N-methyl/N-ethyl adjacent to an activating group) is 1. The quantitative estimate of drug-likeness (QED) is 0.727. The summed E-state index contributed by atoms with van der Waals surface area (Å²) in [4.78, 5) is 18.3. The van der Waals surface area contributed by atoms with E-state index in [9.17, 15) is 4.79 Å². The number of aryl methyl sites for hydroxylation is 2. The second-order valence-electron chi connectivity index (χ2n) is 5.90. The van der Waals surface area contributed by atoms with E-state index in [1.165, 1.54) is 0 Å². The normalized spacial score (nSPS) is 10.7. The molecule has 0 saturated carbocycles. The van der Waals surface area contributed by atoms with E-state index in [1.807, 2.05) is 25.1 Å². The molecule has 1 N–H and O–H groups in total. The Morgan fingerprint density at radius 2 is 2.08 bits per heavy atom. The van der Waals surface area contributed by atoms with Crippen LogP contribution < -0.4 is 5.32 Å². The van der Waals surface area contributed by atoms with Crippen molar-refractivity contribution in [2.45, 2.75) is 26.7 Å². The molecule has 0 unspecified atom stereocenters. The number of carbonyl (C=O) groups excluding carboxylic acids is 1. The summed E-state index contributed by atoms with van der Waals surface area (Å²) in [5, 5.41) is 14.4. The van der Waals surface area contributed by atoms with Crippen LogP contribution in [0.25, 0.3) is 5.69 Å². The lowest BCUT2D eigenvalue weighted by Crippen LogP contribution is -2.33. The molecule has 0 bridgehead atoms. The van der Waals surface area contributed by atoms with E-state index in [0.29, 0.717) is 24.7 Å². The van der Waals surface area contributed by atoms with Gasteiger partial charge in [0.2, 0.25) is 5.89 Å². The van der Waals surface area contributed by atoms with Crippen LogP contribution in [0, 0.1) is 6.92 Å². The van der Waals surface area contributed by atoms with Crippen molar-refractivity contribution >= 4 is 11.7 Å². The number of anilines is 1. The number of hydrogen-bond donors (Lipinski definition) is 1. The molecular weight excluding hydrogens is 334 g/mol. The highest BCUT2D eigenvalue weighted by atomic mass is 16.5. The Morgan fingerprint density at radius 1 is 1.31 bits per heavy atom. The van der Waals surface area contributed by atoms with E-state index in [0.717, 1.165) is 23.4 Å². The maximum Gasteiger partial charge on any atom is 0.321 e. The van der Waals surface area contributed by atoms with E-state index in [2.05, 4.69) is 25.7 Å². The second-order valence-corrected chi connectivity index (χ2v) is 5.90. The molecule has 1 aromatic carbocycles. The van der Waals surface area contributed by atoms with E-state index in [-0.39, 0.29) is 6.03 Å². The molecule has 0 aliphatic rings. The average molecular weight is 355 g/mol. The molecule has 0 aliphatic carbocycles. The van der Waals surface area contributed by atoms with Gasteiger partial charge in [0.1, 0.15) is 12.7 Å². The highest BCUT2D eigenvalue weighted by molar-refractivity contribution is 5.90. The molecule has 0 spiro atoms. The fourth-order valence-corrected chi connectivity index (χ4v) is 2.51. The fraction of sp³-hybridized carbons (Fsp3) is 0.353. The van der Waals surface area contributed by atoms with Gasteiger partial charge in [0, 0.05) is 32.6 Å². The predicted molar refractivity (Wildman–Crippen MR) is 95.1 cm³/mol.